The van der Waals surface area contributed by atoms with Crippen LogP contribution in [0.3, 0.4) is 0 Å². The van der Waals surface area contributed by atoms with E-state index in [2.05, 4.69) is 5.32 Å². The smallest absolute Gasteiger partial charge is 0.146 e. The summed E-state index contributed by atoms with van der Waals surface area (Å²) in [5.74, 6) is 0.677. The predicted octanol–water partition coefficient (Wildman–Crippen LogP) is 3.99. The Morgan fingerprint density at radius 3 is 2.79 bits per heavy atom. The average Bonchev–Trinajstić information content (AvgIpc) is 2.42. The Labute approximate surface area is 112 Å². The minimum Gasteiger partial charge on any atom is -0.481 e. The molecule has 0 saturated carbocycles. The van der Waals surface area contributed by atoms with Crippen molar-refractivity contribution in [3.8, 4) is 5.75 Å². The van der Waals surface area contributed by atoms with Crippen LogP contribution in [0.5, 0.6) is 5.75 Å². The van der Waals surface area contributed by atoms with Crippen molar-refractivity contribution in [1.29, 1.82) is 0 Å². The van der Waals surface area contributed by atoms with Crippen molar-refractivity contribution in [2.45, 2.75) is 20.0 Å². The highest BCUT2D eigenvalue weighted by atomic mass is 19.1. The zero-order chi connectivity index (χ0) is 13.4. The number of ether oxygens (including phenoxy) is 1. The minimum absolute atomic E-state index is 0.149. The lowest BCUT2D eigenvalue weighted by atomic mass is 10.0. The molecule has 3 rings (SSSR count). The zero-order valence-electron chi connectivity index (χ0n) is 11.0. The van der Waals surface area contributed by atoms with Crippen molar-refractivity contribution >= 4 is 5.69 Å². The van der Waals surface area contributed by atoms with Crippen LogP contribution in [-0.2, 0) is 0 Å². The number of para-hydroxylation sites is 1. The van der Waals surface area contributed by atoms with Crippen LogP contribution < -0.4 is 10.1 Å². The SMILES string of the molecule is Cc1ccc(C2CNc3cccc(C)c3O2)cc1F. The van der Waals surface area contributed by atoms with Gasteiger partial charge in [0, 0.05) is 0 Å². The van der Waals surface area contributed by atoms with Gasteiger partial charge in [0.1, 0.15) is 17.7 Å². The third-order valence-corrected chi connectivity index (χ3v) is 3.52. The zero-order valence-corrected chi connectivity index (χ0v) is 11.0. The highest BCUT2D eigenvalue weighted by molar-refractivity contribution is 5.61. The Hall–Kier alpha value is -2.03. The lowest BCUT2D eigenvalue weighted by Crippen LogP contribution is -2.24. The molecule has 1 aliphatic heterocycles. The molecule has 0 amide bonds. The predicted molar refractivity (Wildman–Crippen MR) is 74.2 cm³/mol. The lowest BCUT2D eigenvalue weighted by Gasteiger charge is -2.29. The summed E-state index contributed by atoms with van der Waals surface area (Å²) in [5.41, 5.74) is 3.61. The van der Waals surface area contributed by atoms with Gasteiger partial charge in [-0.15, -0.1) is 0 Å². The largest absolute Gasteiger partial charge is 0.481 e. The van der Waals surface area contributed by atoms with Crippen LogP contribution >= 0.6 is 0 Å². The van der Waals surface area contributed by atoms with E-state index < -0.39 is 0 Å². The van der Waals surface area contributed by atoms with Gasteiger partial charge < -0.3 is 10.1 Å². The molecule has 0 bridgehead atoms. The first-order valence-electron chi connectivity index (χ1n) is 6.41. The van der Waals surface area contributed by atoms with E-state index in [1.165, 1.54) is 0 Å². The number of fused-ring (bicyclic) bond motifs is 1. The fraction of sp³-hybridized carbons (Fsp3) is 0.250. The summed E-state index contributed by atoms with van der Waals surface area (Å²) in [7, 11) is 0. The molecule has 98 valence electrons. The molecule has 0 spiro atoms. The van der Waals surface area contributed by atoms with Crippen molar-refractivity contribution in [3.05, 3.63) is 58.9 Å². The summed E-state index contributed by atoms with van der Waals surface area (Å²) in [6, 6.07) is 11.3. The molecule has 19 heavy (non-hydrogen) atoms. The third kappa shape index (κ3) is 2.16. The molecular weight excluding hydrogens is 241 g/mol. The van der Waals surface area contributed by atoms with Crippen LogP contribution in [-0.4, -0.2) is 6.54 Å². The number of nitrogens with one attached hydrogen (secondary N) is 1. The molecule has 1 aliphatic rings. The van der Waals surface area contributed by atoms with Crippen molar-refractivity contribution in [3.63, 3.8) is 0 Å². The third-order valence-electron chi connectivity index (χ3n) is 3.52. The quantitative estimate of drug-likeness (QED) is 0.834. The molecule has 2 nitrogen and oxygen atoms in total. The highest BCUT2D eigenvalue weighted by Gasteiger charge is 2.22. The van der Waals surface area contributed by atoms with Gasteiger partial charge in [0.05, 0.1) is 12.2 Å². The first-order chi connectivity index (χ1) is 9.15. The van der Waals surface area contributed by atoms with E-state index in [1.807, 2.05) is 31.2 Å². The van der Waals surface area contributed by atoms with E-state index >= 15 is 0 Å². The molecular formula is C16H16FNO. The number of hydrogen-bond acceptors (Lipinski definition) is 2. The number of anilines is 1. The molecule has 2 aromatic rings. The summed E-state index contributed by atoms with van der Waals surface area (Å²) in [6.45, 7) is 4.43. The van der Waals surface area contributed by atoms with Gasteiger partial charge in [-0.05, 0) is 42.7 Å². The van der Waals surface area contributed by atoms with Gasteiger partial charge in [-0.25, -0.2) is 4.39 Å². The van der Waals surface area contributed by atoms with Crippen LogP contribution in [0.15, 0.2) is 36.4 Å². The number of aryl methyl sites for hydroxylation is 2. The Morgan fingerprint density at radius 2 is 2.00 bits per heavy atom. The Morgan fingerprint density at radius 1 is 1.16 bits per heavy atom. The minimum atomic E-state index is -0.184. The number of halogens is 1. The van der Waals surface area contributed by atoms with Crippen LogP contribution in [0.4, 0.5) is 10.1 Å². The summed E-state index contributed by atoms with van der Waals surface area (Å²) in [4.78, 5) is 0. The maximum atomic E-state index is 13.6. The van der Waals surface area contributed by atoms with Crippen LogP contribution in [0.2, 0.25) is 0 Å². The molecule has 1 N–H and O–H groups in total. The van der Waals surface area contributed by atoms with Gasteiger partial charge in [-0.2, -0.15) is 0 Å². The van der Waals surface area contributed by atoms with E-state index in [9.17, 15) is 4.39 Å². The Kier molecular flexibility index (Phi) is 2.90. The van der Waals surface area contributed by atoms with Gasteiger partial charge in [-0.3, -0.25) is 0 Å². The van der Waals surface area contributed by atoms with Crippen LogP contribution in [0.25, 0.3) is 0 Å². The number of hydrogen-bond donors (Lipinski definition) is 1. The number of benzene rings is 2. The van der Waals surface area contributed by atoms with Crippen molar-refractivity contribution in [1.82, 2.24) is 0 Å². The Bertz CT molecular complexity index is 624. The molecule has 1 unspecified atom stereocenters. The average molecular weight is 257 g/mol. The van der Waals surface area contributed by atoms with Crippen LogP contribution in [0, 0.1) is 19.7 Å². The molecule has 1 atom stereocenters. The fourth-order valence-corrected chi connectivity index (χ4v) is 2.33. The van der Waals surface area contributed by atoms with Gasteiger partial charge in [0.25, 0.3) is 0 Å². The van der Waals surface area contributed by atoms with Gasteiger partial charge >= 0.3 is 0 Å². The van der Waals surface area contributed by atoms with Gasteiger partial charge in [-0.1, -0.05) is 24.3 Å². The summed E-state index contributed by atoms with van der Waals surface area (Å²) in [6.07, 6.45) is -0.149. The summed E-state index contributed by atoms with van der Waals surface area (Å²) < 4.78 is 19.6. The molecule has 0 radical (unpaired) electrons. The van der Waals surface area contributed by atoms with Crippen molar-refractivity contribution in [2.75, 3.05) is 11.9 Å². The maximum Gasteiger partial charge on any atom is 0.146 e. The van der Waals surface area contributed by atoms with E-state index in [-0.39, 0.29) is 11.9 Å². The molecule has 3 heteroatoms. The highest BCUT2D eigenvalue weighted by Crippen LogP contribution is 2.36. The maximum absolute atomic E-state index is 13.6. The standard InChI is InChI=1S/C16H16FNO/c1-10-6-7-12(8-13(10)17)15-9-18-14-5-3-4-11(2)16(14)19-15/h3-8,15,18H,9H2,1-2H3. The molecule has 0 saturated heterocycles. The molecule has 0 aromatic heterocycles. The second-order valence-electron chi connectivity index (χ2n) is 4.95. The first-order valence-corrected chi connectivity index (χ1v) is 6.41. The van der Waals surface area contributed by atoms with E-state index in [0.29, 0.717) is 12.1 Å². The first kappa shape index (κ1) is 12.0. The van der Waals surface area contributed by atoms with E-state index in [4.69, 9.17) is 4.74 Å². The van der Waals surface area contributed by atoms with Gasteiger partial charge in [0.2, 0.25) is 0 Å². The topological polar surface area (TPSA) is 21.3 Å². The number of rotatable bonds is 1. The monoisotopic (exact) mass is 257 g/mol. The second kappa shape index (κ2) is 4.57. The van der Waals surface area contributed by atoms with Crippen molar-refractivity contribution in [2.24, 2.45) is 0 Å². The summed E-state index contributed by atoms with van der Waals surface area (Å²) in [5, 5.41) is 3.34. The fourth-order valence-electron chi connectivity index (χ4n) is 2.33. The molecule has 0 fully saturated rings. The van der Waals surface area contributed by atoms with E-state index in [1.54, 1.807) is 19.1 Å². The Balaban J connectivity index is 1.93. The van der Waals surface area contributed by atoms with Crippen molar-refractivity contribution < 1.29 is 9.13 Å². The molecule has 2 aromatic carbocycles. The van der Waals surface area contributed by atoms with Crippen LogP contribution in [0.1, 0.15) is 22.8 Å². The lowest BCUT2D eigenvalue weighted by molar-refractivity contribution is 0.208. The molecule has 0 aliphatic carbocycles. The second-order valence-corrected chi connectivity index (χ2v) is 4.95. The summed E-state index contributed by atoms with van der Waals surface area (Å²) >= 11 is 0. The van der Waals surface area contributed by atoms with Gasteiger partial charge in [0.15, 0.2) is 0 Å². The van der Waals surface area contributed by atoms with E-state index in [0.717, 1.165) is 22.6 Å². The normalized spacial score (nSPS) is 17.3. The molecule has 1 heterocycles.